The number of hydrogen-bond acceptors (Lipinski definition) is 3. The Bertz CT molecular complexity index is 300. The number of pyridine rings is 1. The fourth-order valence-corrected chi connectivity index (χ4v) is 1.29. The van der Waals surface area contributed by atoms with Gasteiger partial charge in [0.05, 0.1) is 0 Å². The van der Waals surface area contributed by atoms with Crippen LogP contribution in [0.4, 0.5) is 5.82 Å². The van der Waals surface area contributed by atoms with Crippen molar-refractivity contribution in [2.75, 3.05) is 18.8 Å². The van der Waals surface area contributed by atoms with Crippen molar-refractivity contribution in [1.29, 1.82) is 0 Å². The number of anilines is 1. The van der Waals surface area contributed by atoms with Gasteiger partial charge < -0.3 is 11.1 Å². The maximum absolute atomic E-state index is 5.48. The lowest BCUT2D eigenvalue weighted by Crippen LogP contribution is -2.07. The lowest BCUT2D eigenvalue weighted by Gasteiger charge is -2.00. The number of hydrogen-bond donors (Lipinski definition) is 2. The fourth-order valence-electron chi connectivity index (χ4n) is 1.29. The minimum absolute atomic E-state index is 0.574. The normalized spacial score (nSPS) is 16.2. The van der Waals surface area contributed by atoms with Crippen molar-refractivity contribution in [1.82, 2.24) is 10.3 Å². The van der Waals surface area contributed by atoms with E-state index in [-0.39, 0.29) is 0 Å². The Morgan fingerprint density at radius 3 is 2.92 bits per heavy atom. The molecule has 0 radical (unpaired) electrons. The summed E-state index contributed by atoms with van der Waals surface area (Å²) in [6.45, 7) is 1.89. The van der Waals surface area contributed by atoms with Crippen molar-refractivity contribution in [3.8, 4) is 0 Å². The maximum Gasteiger partial charge on any atom is 0.123 e. The van der Waals surface area contributed by atoms with E-state index < -0.39 is 0 Å². The number of nitrogens with zero attached hydrogens (tertiary/aromatic N) is 1. The van der Waals surface area contributed by atoms with Crippen LogP contribution in [0.5, 0.6) is 0 Å². The number of rotatable bonds is 1. The Morgan fingerprint density at radius 2 is 2.33 bits per heavy atom. The zero-order valence-corrected chi connectivity index (χ0v) is 6.75. The molecule has 0 aromatic carbocycles. The third-order valence-corrected chi connectivity index (χ3v) is 1.97. The highest BCUT2D eigenvalue weighted by Crippen LogP contribution is 2.15. The Labute approximate surface area is 71.3 Å². The first-order valence-electron chi connectivity index (χ1n) is 3.98. The summed E-state index contributed by atoms with van der Waals surface area (Å²) in [7, 11) is 0. The molecule has 0 saturated carbocycles. The van der Waals surface area contributed by atoms with Crippen molar-refractivity contribution >= 4 is 11.4 Å². The summed E-state index contributed by atoms with van der Waals surface area (Å²) in [6.07, 6.45) is 3.99. The molecule has 1 aromatic rings. The van der Waals surface area contributed by atoms with Gasteiger partial charge in [0.15, 0.2) is 0 Å². The van der Waals surface area contributed by atoms with Gasteiger partial charge in [0, 0.05) is 19.3 Å². The molecule has 62 valence electrons. The summed E-state index contributed by atoms with van der Waals surface area (Å²) in [5.41, 5.74) is 7.95. The minimum Gasteiger partial charge on any atom is -0.384 e. The van der Waals surface area contributed by atoms with E-state index in [4.69, 9.17) is 5.73 Å². The molecule has 0 bridgehead atoms. The summed E-state index contributed by atoms with van der Waals surface area (Å²) in [5.74, 6) is 0.574. The fraction of sp³-hybridized carbons (Fsp3) is 0.222. The summed E-state index contributed by atoms with van der Waals surface area (Å²) in [6, 6.07) is 3.83. The molecule has 1 aliphatic heterocycles. The van der Waals surface area contributed by atoms with Crippen LogP contribution in [-0.2, 0) is 0 Å². The van der Waals surface area contributed by atoms with E-state index in [0.29, 0.717) is 5.82 Å². The lowest BCUT2D eigenvalue weighted by atomic mass is 10.1. The predicted molar refractivity (Wildman–Crippen MR) is 49.5 cm³/mol. The van der Waals surface area contributed by atoms with Crippen LogP contribution in [0.25, 0.3) is 5.57 Å². The summed E-state index contributed by atoms with van der Waals surface area (Å²) >= 11 is 0. The third-order valence-electron chi connectivity index (χ3n) is 1.97. The van der Waals surface area contributed by atoms with Crippen LogP contribution >= 0.6 is 0 Å². The molecule has 1 aromatic heterocycles. The van der Waals surface area contributed by atoms with Gasteiger partial charge in [-0.05, 0) is 23.3 Å². The van der Waals surface area contributed by atoms with E-state index in [0.717, 1.165) is 18.7 Å². The van der Waals surface area contributed by atoms with Crippen molar-refractivity contribution in [3.63, 3.8) is 0 Å². The van der Waals surface area contributed by atoms with Gasteiger partial charge in [-0.25, -0.2) is 4.98 Å². The van der Waals surface area contributed by atoms with Crippen molar-refractivity contribution in [3.05, 3.63) is 30.0 Å². The average molecular weight is 161 g/mol. The summed E-state index contributed by atoms with van der Waals surface area (Å²) in [5, 5.41) is 3.23. The van der Waals surface area contributed by atoms with Crippen LogP contribution in [0, 0.1) is 0 Å². The molecule has 3 nitrogen and oxygen atoms in total. The van der Waals surface area contributed by atoms with Crippen molar-refractivity contribution < 1.29 is 0 Å². The van der Waals surface area contributed by atoms with E-state index in [9.17, 15) is 0 Å². The van der Waals surface area contributed by atoms with Crippen LogP contribution in [0.2, 0.25) is 0 Å². The molecule has 3 heteroatoms. The van der Waals surface area contributed by atoms with Crippen LogP contribution < -0.4 is 11.1 Å². The Balaban J connectivity index is 2.28. The zero-order valence-electron chi connectivity index (χ0n) is 6.75. The Hall–Kier alpha value is -1.35. The molecule has 3 N–H and O–H groups in total. The minimum atomic E-state index is 0.574. The molecule has 0 aliphatic carbocycles. The first-order valence-corrected chi connectivity index (χ1v) is 3.98. The lowest BCUT2D eigenvalue weighted by molar-refractivity contribution is 0.897. The standard InChI is InChI=1S/C9H11N3/c10-9-2-1-7(6-12-9)8-3-4-11-5-8/h1-3,6,11H,4-5H2,(H2,10,12). The molecular formula is C9H11N3. The highest BCUT2D eigenvalue weighted by atomic mass is 14.9. The molecule has 0 fully saturated rings. The van der Waals surface area contributed by atoms with E-state index in [2.05, 4.69) is 16.4 Å². The smallest absolute Gasteiger partial charge is 0.123 e. The van der Waals surface area contributed by atoms with Crippen molar-refractivity contribution in [2.24, 2.45) is 0 Å². The van der Waals surface area contributed by atoms with Crippen LogP contribution in [0.3, 0.4) is 0 Å². The molecule has 0 unspecified atom stereocenters. The molecule has 2 heterocycles. The predicted octanol–water partition coefficient (Wildman–Crippen LogP) is 0.650. The van der Waals surface area contributed by atoms with Crippen LogP contribution in [0.15, 0.2) is 24.4 Å². The second-order valence-corrected chi connectivity index (χ2v) is 2.83. The molecule has 2 rings (SSSR count). The molecule has 12 heavy (non-hydrogen) atoms. The zero-order chi connectivity index (χ0) is 8.39. The molecule has 0 saturated heterocycles. The molecule has 0 spiro atoms. The van der Waals surface area contributed by atoms with E-state index in [1.54, 1.807) is 0 Å². The second kappa shape index (κ2) is 2.95. The third kappa shape index (κ3) is 1.31. The number of nitrogens with two attached hydrogens (primary N) is 1. The molecule has 0 amide bonds. The highest BCUT2D eigenvalue weighted by Gasteiger charge is 2.05. The van der Waals surface area contributed by atoms with Crippen LogP contribution in [0.1, 0.15) is 5.56 Å². The van der Waals surface area contributed by atoms with Gasteiger partial charge in [-0.2, -0.15) is 0 Å². The van der Waals surface area contributed by atoms with Gasteiger partial charge in [0.2, 0.25) is 0 Å². The average Bonchev–Trinajstić information content (AvgIpc) is 2.58. The molecular weight excluding hydrogens is 150 g/mol. The number of aromatic nitrogens is 1. The largest absolute Gasteiger partial charge is 0.384 e. The first kappa shape index (κ1) is 7.31. The Morgan fingerprint density at radius 1 is 1.42 bits per heavy atom. The highest BCUT2D eigenvalue weighted by molar-refractivity contribution is 5.68. The van der Waals surface area contributed by atoms with Gasteiger partial charge in [-0.15, -0.1) is 0 Å². The van der Waals surface area contributed by atoms with Gasteiger partial charge >= 0.3 is 0 Å². The van der Waals surface area contributed by atoms with Gasteiger partial charge in [0.1, 0.15) is 5.82 Å². The quantitative estimate of drug-likeness (QED) is 0.636. The van der Waals surface area contributed by atoms with Crippen molar-refractivity contribution in [2.45, 2.75) is 0 Å². The van der Waals surface area contributed by atoms with Crippen LogP contribution in [-0.4, -0.2) is 18.1 Å². The van der Waals surface area contributed by atoms with E-state index >= 15 is 0 Å². The first-order chi connectivity index (χ1) is 5.86. The Kier molecular flexibility index (Phi) is 1.80. The molecule has 0 atom stereocenters. The monoisotopic (exact) mass is 161 g/mol. The maximum atomic E-state index is 5.48. The SMILES string of the molecule is Nc1ccc(C2=CCNC2)cn1. The summed E-state index contributed by atoms with van der Waals surface area (Å²) in [4.78, 5) is 4.03. The second-order valence-electron chi connectivity index (χ2n) is 2.83. The topological polar surface area (TPSA) is 50.9 Å². The number of nitrogens with one attached hydrogen (secondary N) is 1. The van der Waals surface area contributed by atoms with Gasteiger partial charge in [-0.1, -0.05) is 6.08 Å². The number of nitrogen functional groups attached to an aromatic ring is 1. The van der Waals surface area contributed by atoms with Gasteiger partial charge in [-0.3, -0.25) is 0 Å². The van der Waals surface area contributed by atoms with Gasteiger partial charge in [0.25, 0.3) is 0 Å². The summed E-state index contributed by atoms with van der Waals surface area (Å²) < 4.78 is 0. The van der Waals surface area contributed by atoms with E-state index in [1.165, 1.54) is 5.57 Å². The molecule has 1 aliphatic rings. The van der Waals surface area contributed by atoms with E-state index in [1.807, 2.05) is 18.3 Å².